The van der Waals surface area contributed by atoms with Gasteiger partial charge in [0.2, 0.25) is 0 Å². The highest BCUT2D eigenvalue weighted by Crippen LogP contribution is 2.34. The highest BCUT2D eigenvalue weighted by Gasteiger charge is 2.12. The molecule has 0 bridgehead atoms. The topological polar surface area (TPSA) is 26.0 Å². The van der Waals surface area contributed by atoms with Crippen LogP contribution < -0.4 is 0 Å². The molecule has 0 N–H and O–H groups in total. The molecule has 2 heteroatoms. The number of hydrogen-bond donors (Lipinski definition) is 0. The highest BCUT2D eigenvalue weighted by atomic mass is 16.3. The second-order valence-corrected chi connectivity index (χ2v) is 3.77. The van der Waals surface area contributed by atoms with Crippen LogP contribution in [0.15, 0.2) is 52.8 Å². The molecular formula is C16H11NO. The van der Waals surface area contributed by atoms with Crippen molar-refractivity contribution in [1.29, 1.82) is 0 Å². The number of oxazole rings is 1. The van der Waals surface area contributed by atoms with E-state index in [0.29, 0.717) is 0 Å². The van der Waals surface area contributed by atoms with Crippen molar-refractivity contribution in [3.8, 4) is 0 Å². The largest absolute Gasteiger partial charge is 0.440 e. The highest BCUT2D eigenvalue weighted by molar-refractivity contribution is 6.22. The lowest BCUT2D eigenvalue weighted by molar-refractivity contribution is 0.563. The predicted molar refractivity (Wildman–Crippen MR) is 73.8 cm³/mol. The first-order valence-corrected chi connectivity index (χ1v) is 5.18. The van der Waals surface area contributed by atoms with Crippen molar-refractivity contribution in [2.75, 3.05) is 0 Å². The maximum Gasteiger partial charge on any atom is 0.192 e. The SMILES string of the molecule is [2H]c1cc2c3nc(C([2H])([2H])[2H])oc3c3c([2H])c([2H])c([2H])c([2H])c3c2c([2H])c1[2H]. The number of fused-ring (bicyclic) bond motifs is 6. The third kappa shape index (κ3) is 1.15. The summed E-state index contributed by atoms with van der Waals surface area (Å²) in [6.45, 7) is -2.70. The van der Waals surface area contributed by atoms with Crippen LogP contribution in [0.2, 0.25) is 0 Å². The lowest BCUT2D eigenvalue weighted by Crippen LogP contribution is -1.80. The Kier molecular flexibility index (Phi) is 0.756. The van der Waals surface area contributed by atoms with Crippen LogP contribution in [-0.4, -0.2) is 4.98 Å². The summed E-state index contributed by atoms with van der Waals surface area (Å²) in [6.07, 6.45) is 0. The van der Waals surface area contributed by atoms with Crippen LogP contribution in [0, 0.1) is 6.85 Å². The van der Waals surface area contributed by atoms with Crippen molar-refractivity contribution >= 4 is 32.6 Å². The van der Waals surface area contributed by atoms with Gasteiger partial charge in [-0.05, 0) is 10.8 Å². The zero-order valence-corrected chi connectivity index (χ0v) is 8.93. The molecule has 1 aromatic heterocycles. The van der Waals surface area contributed by atoms with Crippen molar-refractivity contribution < 1.29 is 18.1 Å². The van der Waals surface area contributed by atoms with Crippen molar-refractivity contribution in [1.82, 2.24) is 4.98 Å². The molecule has 0 saturated carbocycles. The van der Waals surface area contributed by atoms with Crippen LogP contribution in [0.1, 0.15) is 19.6 Å². The molecule has 0 amide bonds. The second-order valence-electron chi connectivity index (χ2n) is 3.77. The van der Waals surface area contributed by atoms with E-state index < -0.39 is 49.0 Å². The molecule has 0 unspecified atom stereocenters. The minimum Gasteiger partial charge on any atom is -0.440 e. The fourth-order valence-corrected chi connectivity index (χ4v) is 2.07. The molecule has 0 fully saturated rings. The smallest absolute Gasteiger partial charge is 0.192 e. The van der Waals surface area contributed by atoms with Crippen LogP contribution in [0.25, 0.3) is 32.6 Å². The number of nitrogens with zero attached hydrogens (tertiary/aromatic N) is 1. The lowest BCUT2D eigenvalue weighted by atomic mass is 10.0. The Morgan fingerprint density at radius 2 is 1.72 bits per heavy atom. The fourth-order valence-electron chi connectivity index (χ4n) is 2.07. The monoisotopic (exact) mass is 243 g/mol. The summed E-state index contributed by atoms with van der Waals surface area (Å²) in [5, 5.41) is -0.0546. The number of hydrogen-bond acceptors (Lipinski definition) is 2. The average Bonchev–Trinajstić information content (AvgIpc) is 3.07. The van der Waals surface area contributed by atoms with Crippen molar-refractivity contribution in [2.45, 2.75) is 6.85 Å². The molecule has 1 heterocycles. The van der Waals surface area contributed by atoms with Crippen LogP contribution in [0.4, 0.5) is 0 Å². The molecule has 0 aliphatic rings. The van der Waals surface area contributed by atoms with Gasteiger partial charge in [-0.15, -0.1) is 0 Å². The molecule has 0 saturated heterocycles. The van der Waals surface area contributed by atoms with Gasteiger partial charge < -0.3 is 4.42 Å². The van der Waals surface area contributed by atoms with E-state index in [2.05, 4.69) is 4.98 Å². The number of aromatic nitrogens is 1. The van der Waals surface area contributed by atoms with E-state index in [0.717, 1.165) is 0 Å². The van der Waals surface area contributed by atoms with E-state index in [-0.39, 0.29) is 38.7 Å². The zero-order chi connectivity index (χ0) is 20.7. The van der Waals surface area contributed by atoms with Gasteiger partial charge in [0.15, 0.2) is 11.5 Å². The Morgan fingerprint density at radius 1 is 1.00 bits per heavy atom. The fraction of sp³-hybridized carbons (Fsp3) is 0.0625. The van der Waals surface area contributed by atoms with E-state index in [9.17, 15) is 0 Å². The number of aryl methyl sites for hydroxylation is 1. The molecule has 0 spiro atoms. The first-order valence-electron chi connectivity index (χ1n) is 10.2. The second kappa shape index (κ2) is 3.33. The third-order valence-electron chi connectivity index (χ3n) is 2.79. The quantitative estimate of drug-likeness (QED) is 0.427. The standard InChI is InChI=1S/C16H11NO/c1-10-17-15-13-8-4-2-6-11(13)12-7-3-5-9-14(12)16(15)18-10/h2-9H,1H3/i1D3,2D,3D,4D,5D,6D,7D,9D. The Balaban J connectivity index is 2.46. The van der Waals surface area contributed by atoms with Gasteiger partial charge >= 0.3 is 0 Å². The van der Waals surface area contributed by atoms with Gasteiger partial charge in [-0.2, -0.15) is 0 Å². The third-order valence-corrected chi connectivity index (χ3v) is 2.79. The van der Waals surface area contributed by atoms with Crippen LogP contribution in [0.3, 0.4) is 0 Å². The van der Waals surface area contributed by atoms with Gasteiger partial charge in [0, 0.05) is 21.7 Å². The molecule has 0 aliphatic heterocycles. The van der Waals surface area contributed by atoms with Gasteiger partial charge in [0.25, 0.3) is 0 Å². The van der Waals surface area contributed by atoms with E-state index in [1.807, 2.05) is 0 Å². The van der Waals surface area contributed by atoms with Gasteiger partial charge in [0.05, 0.1) is 9.60 Å². The molecule has 18 heavy (non-hydrogen) atoms. The maximum atomic E-state index is 8.28. The predicted octanol–water partition coefficient (Wildman–Crippen LogP) is 4.44. The summed E-state index contributed by atoms with van der Waals surface area (Å²) in [4.78, 5) is 3.99. The molecule has 4 aromatic rings. The van der Waals surface area contributed by atoms with Crippen LogP contribution in [0.5, 0.6) is 0 Å². The zero-order valence-electron chi connectivity index (χ0n) is 18.9. The summed E-state index contributed by atoms with van der Waals surface area (Å²) in [7, 11) is 0. The Hall–Kier alpha value is -2.35. The van der Waals surface area contributed by atoms with Crippen molar-refractivity contribution in [2.24, 2.45) is 0 Å². The van der Waals surface area contributed by atoms with E-state index in [1.165, 1.54) is 6.07 Å². The van der Waals surface area contributed by atoms with Crippen molar-refractivity contribution in [3.05, 3.63) is 54.3 Å². The molecule has 0 atom stereocenters. The van der Waals surface area contributed by atoms with E-state index >= 15 is 0 Å². The summed E-state index contributed by atoms with van der Waals surface area (Å²) in [5.41, 5.74) is -0.183. The number of benzene rings is 3. The van der Waals surface area contributed by atoms with Crippen molar-refractivity contribution in [3.63, 3.8) is 0 Å². The Bertz CT molecular complexity index is 1320. The lowest BCUT2D eigenvalue weighted by Gasteiger charge is -2.04. The van der Waals surface area contributed by atoms with Crippen LogP contribution in [-0.2, 0) is 0 Å². The molecule has 3 aromatic carbocycles. The minimum absolute atomic E-state index is 0.000826. The molecular weight excluding hydrogens is 222 g/mol. The first-order chi connectivity index (χ1) is 12.9. The molecule has 0 radical (unpaired) electrons. The summed E-state index contributed by atoms with van der Waals surface area (Å²) < 4.78 is 84.5. The van der Waals surface area contributed by atoms with Gasteiger partial charge in [-0.25, -0.2) is 4.98 Å². The molecule has 0 aliphatic carbocycles. The summed E-state index contributed by atoms with van der Waals surface area (Å²) >= 11 is 0. The Labute approximate surface area is 118 Å². The van der Waals surface area contributed by atoms with E-state index in [1.54, 1.807) is 0 Å². The first kappa shape index (κ1) is 4.09. The van der Waals surface area contributed by atoms with E-state index in [4.69, 9.17) is 18.1 Å². The molecule has 2 nitrogen and oxygen atoms in total. The number of rotatable bonds is 0. The minimum atomic E-state index is -2.70. The molecule has 86 valence electrons. The van der Waals surface area contributed by atoms with Gasteiger partial charge in [0.1, 0.15) is 5.52 Å². The molecule has 4 rings (SSSR count). The maximum absolute atomic E-state index is 8.28. The average molecular weight is 243 g/mol. The normalized spacial score (nSPS) is 20.2. The van der Waals surface area contributed by atoms with Crippen LogP contribution >= 0.6 is 0 Å². The Morgan fingerprint density at radius 3 is 2.56 bits per heavy atom. The van der Waals surface area contributed by atoms with Gasteiger partial charge in [-0.1, -0.05) is 48.4 Å². The van der Waals surface area contributed by atoms with Gasteiger partial charge in [-0.3, -0.25) is 0 Å². The summed E-state index contributed by atoms with van der Waals surface area (Å²) in [5.74, 6) is -0.614. The summed E-state index contributed by atoms with van der Waals surface area (Å²) in [6, 6.07) is -1.87.